The van der Waals surface area contributed by atoms with E-state index in [0.29, 0.717) is 5.57 Å². The molecule has 0 radical (unpaired) electrons. The molecule has 2 N–H and O–H groups in total. The monoisotopic (exact) mass is 203 g/mol. The van der Waals surface area contributed by atoms with Gasteiger partial charge in [-0.1, -0.05) is 49.1 Å². The van der Waals surface area contributed by atoms with Gasteiger partial charge in [-0.3, -0.25) is 4.79 Å². The molecule has 0 unspecified atom stereocenters. The van der Waals surface area contributed by atoms with E-state index in [0.717, 1.165) is 0 Å². The number of hydrogen-bond acceptors (Lipinski definition) is 1. The van der Waals surface area contributed by atoms with E-state index in [4.69, 9.17) is 5.73 Å². The van der Waals surface area contributed by atoms with Crippen LogP contribution in [0.4, 0.5) is 0 Å². The van der Waals surface area contributed by atoms with Crippen LogP contribution in [0.2, 0.25) is 0 Å². The Kier molecular flexibility index (Phi) is 6.64. The van der Waals surface area contributed by atoms with E-state index >= 15 is 0 Å². The van der Waals surface area contributed by atoms with E-state index in [9.17, 15) is 4.79 Å². The summed E-state index contributed by atoms with van der Waals surface area (Å²) in [6.45, 7) is 7.09. The van der Waals surface area contributed by atoms with E-state index in [1.165, 1.54) is 5.56 Å². The molecule has 1 rings (SSSR count). The number of primary amides is 1. The first-order valence-corrected chi connectivity index (χ1v) is 4.72. The quantitative estimate of drug-likeness (QED) is 0.738. The Bertz CT molecular complexity index is 339. The first-order valence-electron chi connectivity index (χ1n) is 4.72. The lowest BCUT2D eigenvalue weighted by atomic mass is 10.2. The highest BCUT2D eigenvalue weighted by molar-refractivity contribution is 5.91. The van der Waals surface area contributed by atoms with Gasteiger partial charge >= 0.3 is 0 Å². The number of amides is 1. The van der Waals surface area contributed by atoms with Crippen molar-refractivity contribution in [1.82, 2.24) is 0 Å². The molecule has 1 aromatic rings. The van der Waals surface area contributed by atoms with Gasteiger partial charge in [0, 0.05) is 5.57 Å². The van der Waals surface area contributed by atoms with Gasteiger partial charge in [-0.25, -0.2) is 0 Å². The maximum Gasteiger partial charge on any atom is 0.243 e. The fraction of sp³-hybridized carbons (Fsp3) is 0.154. The van der Waals surface area contributed by atoms with Crippen LogP contribution in [0.15, 0.2) is 48.6 Å². The molecule has 0 bridgehead atoms. The van der Waals surface area contributed by atoms with E-state index in [2.05, 4.69) is 6.58 Å². The van der Waals surface area contributed by atoms with E-state index in [1.807, 2.05) is 36.4 Å². The smallest absolute Gasteiger partial charge is 0.243 e. The van der Waals surface area contributed by atoms with Crippen LogP contribution < -0.4 is 5.73 Å². The first kappa shape index (κ1) is 13.2. The van der Waals surface area contributed by atoms with Gasteiger partial charge in [0.2, 0.25) is 5.91 Å². The molecule has 2 nitrogen and oxygen atoms in total. The summed E-state index contributed by atoms with van der Waals surface area (Å²) in [6, 6.07) is 10.0. The Morgan fingerprint density at radius 1 is 1.33 bits per heavy atom. The zero-order valence-electron chi connectivity index (χ0n) is 9.23. The van der Waals surface area contributed by atoms with Gasteiger partial charge in [-0.2, -0.15) is 0 Å². The molecule has 0 atom stereocenters. The molecule has 0 aliphatic heterocycles. The number of nitrogens with two attached hydrogens (primary N) is 1. The highest BCUT2D eigenvalue weighted by Crippen LogP contribution is 1.97. The van der Waals surface area contributed by atoms with Crippen LogP contribution in [0.1, 0.15) is 19.4 Å². The van der Waals surface area contributed by atoms with Gasteiger partial charge in [0.05, 0.1) is 0 Å². The molecule has 80 valence electrons. The Hall–Kier alpha value is -1.83. The molecular weight excluding hydrogens is 186 g/mol. The standard InChI is InChI=1S/C8H8.C5H9NO/c1-2-8-6-4-3-5-7-8;1-3-4(2)5(6)7/h2-7H,1H2;3H,1-2H3,(H2,6,7). The summed E-state index contributed by atoms with van der Waals surface area (Å²) >= 11 is 0. The number of carbonyl (C=O) groups is 1. The zero-order valence-corrected chi connectivity index (χ0v) is 9.23. The molecular formula is C13H17NO. The van der Waals surface area contributed by atoms with Crippen molar-refractivity contribution in [3.05, 3.63) is 54.1 Å². The van der Waals surface area contributed by atoms with Gasteiger partial charge in [-0.05, 0) is 19.4 Å². The highest BCUT2D eigenvalue weighted by atomic mass is 16.1. The molecule has 0 saturated carbocycles. The molecule has 0 heterocycles. The minimum Gasteiger partial charge on any atom is -0.366 e. The van der Waals surface area contributed by atoms with Crippen LogP contribution in [0, 0.1) is 0 Å². The van der Waals surface area contributed by atoms with E-state index in [1.54, 1.807) is 19.9 Å². The third-order valence-electron chi connectivity index (χ3n) is 1.86. The molecule has 1 amide bonds. The largest absolute Gasteiger partial charge is 0.366 e. The summed E-state index contributed by atoms with van der Waals surface area (Å²) in [5, 5.41) is 0. The molecule has 0 aliphatic carbocycles. The maximum absolute atomic E-state index is 10.1. The number of hydrogen-bond donors (Lipinski definition) is 1. The minimum absolute atomic E-state index is 0.345. The molecule has 15 heavy (non-hydrogen) atoms. The molecule has 2 heteroatoms. The molecule has 0 saturated heterocycles. The van der Waals surface area contributed by atoms with Gasteiger partial charge < -0.3 is 5.73 Å². The van der Waals surface area contributed by atoms with Gasteiger partial charge in [-0.15, -0.1) is 0 Å². The second-order valence-electron chi connectivity index (χ2n) is 2.95. The summed E-state index contributed by atoms with van der Waals surface area (Å²) in [5.74, 6) is -0.345. The Morgan fingerprint density at radius 2 is 1.87 bits per heavy atom. The van der Waals surface area contributed by atoms with Crippen molar-refractivity contribution >= 4 is 12.0 Å². The maximum atomic E-state index is 10.1. The predicted molar refractivity (Wildman–Crippen MR) is 65.2 cm³/mol. The summed E-state index contributed by atoms with van der Waals surface area (Å²) in [6.07, 6.45) is 3.52. The van der Waals surface area contributed by atoms with E-state index in [-0.39, 0.29) is 5.91 Å². The predicted octanol–water partition coefficient (Wildman–Crippen LogP) is 2.77. The van der Waals surface area contributed by atoms with Crippen LogP contribution in [0.3, 0.4) is 0 Å². The number of allylic oxidation sites excluding steroid dienone is 1. The molecule has 0 spiro atoms. The molecule has 0 aromatic heterocycles. The SMILES string of the molecule is C=Cc1ccccc1.CC=C(C)C(N)=O. The third kappa shape index (κ3) is 6.27. The van der Waals surface area contributed by atoms with Gasteiger partial charge in [0.15, 0.2) is 0 Å². The fourth-order valence-corrected chi connectivity index (χ4v) is 0.731. The topological polar surface area (TPSA) is 43.1 Å². The van der Waals surface area contributed by atoms with E-state index < -0.39 is 0 Å². The number of carbonyl (C=O) groups excluding carboxylic acids is 1. The highest BCUT2D eigenvalue weighted by Gasteiger charge is 1.90. The van der Waals surface area contributed by atoms with Crippen LogP contribution >= 0.6 is 0 Å². The number of rotatable bonds is 2. The summed E-state index contributed by atoms with van der Waals surface area (Å²) in [5.41, 5.74) is 6.62. The average Bonchev–Trinajstić information content (AvgIpc) is 2.29. The first-order chi connectivity index (χ1) is 7.11. The summed E-state index contributed by atoms with van der Waals surface area (Å²) in [4.78, 5) is 10.1. The molecule has 0 aliphatic rings. The number of benzene rings is 1. The second kappa shape index (κ2) is 7.56. The average molecular weight is 203 g/mol. The van der Waals surface area contributed by atoms with Crippen molar-refractivity contribution in [2.75, 3.05) is 0 Å². The van der Waals surface area contributed by atoms with Crippen molar-refractivity contribution in [2.24, 2.45) is 5.73 Å². The van der Waals surface area contributed by atoms with Gasteiger partial charge in [0.25, 0.3) is 0 Å². The Labute approximate surface area is 91.1 Å². The summed E-state index contributed by atoms with van der Waals surface area (Å²) < 4.78 is 0. The lowest BCUT2D eigenvalue weighted by molar-refractivity contribution is -0.114. The lowest BCUT2D eigenvalue weighted by Gasteiger charge is -1.85. The van der Waals surface area contributed by atoms with Gasteiger partial charge in [0.1, 0.15) is 0 Å². The van der Waals surface area contributed by atoms with Crippen LogP contribution in [-0.4, -0.2) is 5.91 Å². The Morgan fingerprint density at radius 3 is 2.07 bits per heavy atom. The Balaban J connectivity index is 0.000000265. The normalized spacial score (nSPS) is 9.87. The third-order valence-corrected chi connectivity index (χ3v) is 1.86. The van der Waals surface area contributed by atoms with Crippen LogP contribution in [0.5, 0.6) is 0 Å². The van der Waals surface area contributed by atoms with Crippen molar-refractivity contribution in [3.63, 3.8) is 0 Å². The van der Waals surface area contributed by atoms with Crippen molar-refractivity contribution in [1.29, 1.82) is 0 Å². The fourth-order valence-electron chi connectivity index (χ4n) is 0.731. The molecule has 0 fully saturated rings. The summed E-state index contributed by atoms with van der Waals surface area (Å²) in [7, 11) is 0. The lowest BCUT2D eigenvalue weighted by Crippen LogP contribution is -2.10. The van der Waals surface area contributed by atoms with Crippen molar-refractivity contribution < 1.29 is 4.79 Å². The second-order valence-corrected chi connectivity index (χ2v) is 2.95. The van der Waals surface area contributed by atoms with Crippen molar-refractivity contribution in [3.8, 4) is 0 Å². The van der Waals surface area contributed by atoms with Crippen LogP contribution in [0.25, 0.3) is 6.08 Å². The van der Waals surface area contributed by atoms with Crippen molar-refractivity contribution in [2.45, 2.75) is 13.8 Å². The van der Waals surface area contributed by atoms with Crippen LogP contribution in [-0.2, 0) is 4.79 Å². The minimum atomic E-state index is -0.345. The zero-order chi connectivity index (χ0) is 11.7. The molecule has 1 aromatic carbocycles.